The van der Waals surface area contributed by atoms with Crippen molar-refractivity contribution in [1.82, 2.24) is 29.7 Å². The minimum absolute atomic E-state index is 0.0494. The maximum atomic E-state index is 14.9. The van der Waals surface area contributed by atoms with Crippen LogP contribution in [0.5, 0.6) is 5.88 Å². The summed E-state index contributed by atoms with van der Waals surface area (Å²) >= 11 is 0. The first kappa shape index (κ1) is 38.7. The van der Waals surface area contributed by atoms with Gasteiger partial charge in [0.2, 0.25) is 11.8 Å². The number of nitrogens with two attached hydrogens (primary N) is 1. The van der Waals surface area contributed by atoms with Gasteiger partial charge in [0.15, 0.2) is 17.4 Å². The molecule has 6 atom stereocenters. The zero-order chi connectivity index (χ0) is 37.5. The van der Waals surface area contributed by atoms with Gasteiger partial charge in [-0.05, 0) is 44.7 Å². The summed E-state index contributed by atoms with van der Waals surface area (Å²) < 4.78 is 44.3. The number of aliphatic hydroxyl groups excluding tert-OH is 1. The van der Waals surface area contributed by atoms with Crippen LogP contribution in [0.15, 0.2) is 67.0 Å². The second-order valence-electron chi connectivity index (χ2n) is 12.2. The number of hydrogen-bond donors (Lipinski definition) is 5. The Morgan fingerprint density at radius 2 is 1.52 bits per heavy atom. The number of nitrogens with one attached hydrogen (secondary N) is 2. The summed E-state index contributed by atoms with van der Waals surface area (Å²) in [4.78, 5) is 39.1. The van der Waals surface area contributed by atoms with Crippen LogP contribution >= 0.6 is 7.67 Å². The van der Waals surface area contributed by atoms with Crippen molar-refractivity contribution in [2.75, 3.05) is 32.7 Å². The maximum Gasteiger partial charge on any atom is 0.342 e. The molecule has 2 aromatic heterocycles. The number of aromatic nitrogens is 4. The van der Waals surface area contributed by atoms with Crippen LogP contribution in [0.4, 0.5) is 5.95 Å². The van der Waals surface area contributed by atoms with Crippen LogP contribution in [0.25, 0.3) is 11.2 Å². The highest BCUT2D eigenvalue weighted by atomic mass is 31.2. The molecule has 280 valence electrons. The topological polar surface area (TPSA) is 232 Å². The van der Waals surface area contributed by atoms with E-state index in [1.165, 1.54) is 24.9 Å². The van der Waals surface area contributed by atoms with Gasteiger partial charge in [-0.3, -0.25) is 18.7 Å². The number of aliphatic hydroxyl groups is 2. The summed E-state index contributed by atoms with van der Waals surface area (Å²) in [5.41, 5.74) is 5.77. The van der Waals surface area contributed by atoms with Crippen molar-refractivity contribution in [1.29, 1.82) is 0 Å². The maximum absolute atomic E-state index is 14.9. The molecule has 1 fully saturated rings. The van der Waals surface area contributed by atoms with Crippen LogP contribution in [0.1, 0.15) is 38.1 Å². The first-order chi connectivity index (χ1) is 24.9. The number of ether oxygens (including phenoxy) is 4. The van der Waals surface area contributed by atoms with Gasteiger partial charge in [-0.15, -0.1) is 0 Å². The molecule has 5 rings (SSSR count). The molecular weight excluding hydrogens is 697 g/mol. The van der Waals surface area contributed by atoms with Crippen LogP contribution in [0.2, 0.25) is 0 Å². The van der Waals surface area contributed by atoms with E-state index in [9.17, 15) is 24.4 Å². The second kappa shape index (κ2) is 16.9. The van der Waals surface area contributed by atoms with Crippen molar-refractivity contribution in [3.63, 3.8) is 0 Å². The van der Waals surface area contributed by atoms with E-state index in [0.717, 1.165) is 11.1 Å². The van der Waals surface area contributed by atoms with E-state index in [0.29, 0.717) is 0 Å². The number of benzene rings is 2. The van der Waals surface area contributed by atoms with E-state index in [1.54, 1.807) is 62.4 Å². The molecule has 52 heavy (non-hydrogen) atoms. The molecule has 0 amide bonds. The van der Waals surface area contributed by atoms with Crippen molar-refractivity contribution < 1.29 is 47.8 Å². The van der Waals surface area contributed by atoms with Crippen molar-refractivity contribution in [2.24, 2.45) is 0 Å². The van der Waals surface area contributed by atoms with Gasteiger partial charge in [-0.2, -0.15) is 9.97 Å². The van der Waals surface area contributed by atoms with Gasteiger partial charge in [0.1, 0.15) is 29.9 Å². The van der Waals surface area contributed by atoms with Gasteiger partial charge < -0.3 is 39.4 Å². The molecule has 0 bridgehead atoms. The third kappa shape index (κ3) is 8.93. The average Bonchev–Trinajstić information content (AvgIpc) is 3.64. The van der Waals surface area contributed by atoms with Gasteiger partial charge in [0, 0.05) is 0 Å². The van der Waals surface area contributed by atoms with E-state index >= 15 is 0 Å². The Bertz CT molecular complexity index is 1790. The number of methoxy groups -OCH3 is 1. The lowest BCUT2D eigenvalue weighted by Crippen LogP contribution is -2.47. The van der Waals surface area contributed by atoms with Gasteiger partial charge in [0.25, 0.3) is 0 Å². The Labute approximate surface area is 300 Å². The molecule has 1 unspecified atom stereocenters. The standard InChI is InChI=1S/C34H44N7O10P/c1-5-48-30(43)23(17-21-13-9-7-10-14-21)39-52(46,40-24(31(44)49-6-2)18-22-15-11-8-12-16-22)50-19-25-27(42)34(3,45)32(51-25)41-20-36-26-28(41)37-33(35)38-29(26)47-4/h7-16,20,23-25,27,32,42,45H,5-6,17-19H2,1-4H3,(H2,35,37,38)(H2,39,40,46)/t23-,24-,25+,27?,32+,34-/m0/s1. The molecule has 0 saturated carbocycles. The first-order valence-electron chi connectivity index (χ1n) is 16.7. The number of carbonyl (C=O) groups excluding carboxylic acids is 2. The van der Waals surface area contributed by atoms with E-state index in [-0.39, 0.29) is 49.0 Å². The fourth-order valence-electron chi connectivity index (χ4n) is 5.85. The highest BCUT2D eigenvalue weighted by Gasteiger charge is 2.54. The molecule has 1 aliphatic rings. The smallest absolute Gasteiger partial charge is 0.342 e. The highest BCUT2D eigenvalue weighted by Crippen LogP contribution is 2.44. The summed E-state index contributed by atoms with van der Waals surface area (Å²) in [6, 6.07) is 15.6. The monoisotopic (exact) mass is 741 g/mol. The predicted molar refractivity (Wildman–Crippen MR) is 188 cm³/mol. The number of nitrogen functional groups attached to an aromatic ring is 1. The van der Waals surface area contributed by atoms with E-state index < -0.39 is 62.3 Å². The summed E-state index contributed by atoms with van der Waals surface area (Å²) in [6.45, 7) is 4.15. The third-order valence-electron chi connectivity index (χ3n) is 8.39. The lowest BCUT2D eigenvalue weighted by atomic mass is 9.96. The van der Waals surface area contributed by atoms with Crippen molar-refractivity contribution in [3.8, 4) is 5.88 Å². The fourth-order valence-corrected chi connectivity index (χ4v) is 7.64. The Hall–Kier alpha value is -4.48. The number of fused-ring (bicyclic) bond motifs is 1. The summed E-state index contributed by atoms with van der Waals surface area (Å²) in [6.07, 6.45) is -2.74. The van der Waals surface area contributed by atoms with Crippen LogP contribution < -0.4 is 20.6 Å². The van der Waals surface area contributed by atoms with Gasteiger partial charge in [0.05, 0.1) is 33.3 Å². The minimum atomic E-state index is -4.46. The van der Waals surface area contributed by atoms with Crippen molar-refractivity contribution in [2.45, 2.75) is 69.7 Å². The summed E-state index contributed by atoms with van der Waals surface area (Å²) in [5.74, 6) is -1.45. The number of anilines is 1. The Morgan fingerprint density at radius 3 is 2.02 bits per heavy atom. The molecule has 18 heteroatoms. The molecule has 4 aromatic rings. The lowest BCUT2D eigenvalue weighted by Gasteiger charge is -2.30. The first-order valence-corrected chi connectivity index (χ1v) is 18.3. The van der Waals surface area contributed by atoms with Crippen LogP contribution in [0, 0.1) is 0 Å². The third-order valence-corrected chi connectivity index (χ3v) is 10.2. The van der Waals surface area contributed by atoms with Crippen LogP contribution in [-0.4, -0.2) is 98.5 Å². The molecule has 1 saturated heterocycles. The summed E-state index contributed by atoms with van der Waals surface area (Å²) in [7, 11) is -3.08. The SMILES string of the molecule is CCOC(=O)[C@H](Cc1ccccc1)NP(=O)(N[C@@H](Cc1ccccc1)C(=O)OCC)OC[C@H]1O[C@@H](n2cnc3c(OC)nc(N)nc32)[C@@](C)(O)C1O. The quantitative estimate of drug-likeness (QED) is 0.0770. The summed E-state index contributed by atoms with van der Waals surface area (Å²) in [5, 5.41) is 28.5. The van der Waals surface area contributed by atoms with Crippen LogP contribution in [0.3, 0.4) is 0 Å². The van der Waals surface area contributed by atoms with E-state index in [1.807, 2.05) is 12.1 Å². The molecule has 3 heterocycles. The van der Waals surface area contributed by atoms with Gasteiger partial charge >= 0.3 is 19.6 Å². The number of hydrogen-bond acceptors (Lipinski definition) is 14. The number of imidazole rings is 1. The predicted octanol–water partition coefficient (Wildman–Crippen LogP) is 2.08. The second-order valence-corrected chi connectivity index (χ2v) is 14.1. The molecule has 17 nitrogen and oxygen atoms in total. The average molecular weight is 742 g/mol. The zero-order valence-corrected chi connectivity index (χ0v) is 30.1. The number of rotatable bonds is 17. The fraction of sp³-hybridized carbons (Fsp3) is 0.441. The zero-order valence-electron chi connectivity index (χ0n) is 29.2. The van der Waals surface area contributed by atoms with Crippen molar-refractivity contribution >= 4 is 36.7 Å². The highest BCUT2D eigenvalue weighted by molar-refractivity contribution is 7.54. The minimum Gasteiger partial charge on any atom is -0.479 e. The Kier molecular flexibility index (Phi) is 12.6. The largest absolute Gasteiger partial charge is 0.479 e. The molecule has 6 N–H and O–H groups in total. The Balaban J connectivity index is 1.46. The molecule has 1 aliphatic heterocycles. The molecule has 0 spiro atoms. The molecule has 0 radical (unpaired) electrons. The molecule has 0 aliphatic carbocycles. The van der Waals surface area contributed by atoms with Crippen molar-refractivity contribution in [3.05, 3.63) is 78.1 Å². The van der Waals surface area contributed by atoms with E-state index in [2.05, 4.69) is 25.1 Å². The normalized spacial score (nSPS) is 21.5. The van der Waals surface area contributed by atoms with Gasteiger partial charge in [-0.25, -0.2) is 15.2 Å². The number of nitrogens with zero attached hydrogens (tertiary/aromatic N) is 4. The number of carbonyl (C=O) groups is 2. The lowest BCUT2D eigenvalue weighted by molar-refractivity contribution is -0.145. The number of esters is 2. The Morgan fingerprint density at radius 1 is 0.981 bits per heavy atom. The van der Waals surface area contributed by atoms with E-state index in [4.69, 9.17) is 29.2 Å². The van der Waals surface area contributed by atoms with Crippen LogP contribution in [-0.2, 0) is 45.7 Å². The van der Waals surface area contributed by atoms with Gasteiger partial charge in [-0.1, -0.05) is 60.7 Å². The molecule has 2 aromatic carbocycles. The molecular formula is C34H44N7O10P.